The molecule has 1 amide bonds. The van der Waals surface area contributed by atoms with E-state index in [1.807, 2.05) is 45.9 Å². The summed E-state index contributed by atoms with van der Waals surface area (Å²) >= 11 is 3.44. The first-order valence-electron chi connectivity index (χ1n) is 6.11. The fourth-order valence-electron chi connectivity index (χ4n) is 1.58. The summed E-state index contributed by atoms with van der Waals surface area (Å²) in [5.41, 5.74) is 1.24. The Morgan fingerprint density at radius 2 is 2.11 bits per heavy atom. The first-order valence-corrected chi connectivity index (χ1v) is 6.91. The Bertz CT molecular complexity index is 454. The van der Waals surface area contributed by atoms with Crippen LogP contribution >= 0.6 is 15.9 Å². The van der Waals surface area contributed by atoms with Gasteiger partial charge >= 0.3 is 6.09 Å². The minimum atomic E-state index is -0.512. The van der Waals surface area contributed by atoms with Gasteiger partial charge in [0.25, 0.3) is 0 Å². The van der Waals surface area contributed by atoms with Crippen molar-refractivity contribution in [1.82, 2.24) is 5.32 Å². The van der Waals surface area contributed by atoms with Crippen LogP contribution in [0, 0.1) is 0 Å². The van der Waals surface area contributed by atoms with E-state index in [0.717, 1.165) is 15.6 Å². The van der Waals surface area contributed by atoms with Crippen molar-refractivity contribution in [2.75, 3.05) is 0 Å². The van der Waals surface area contributed by atoms with Gasteiger partial charge in [-0.2, -0.15) is 0 Å². The molecule has 0 saturated carbocycles. The number of alkyl carbamates (subject to hydrolysis) is 1. The van der Waals surface area contributed by atoms with E-state index < -0.39 is 11.7 Å². The molecule has 0 aliphatic rings. The molecule has 4 nitrogen and oxygen atoms in total. The van der Waals surface area contributed by atoms with Crippen molar-refractivity contribution in [2.45, 2.75) is 45.9 Å². The molecule has 1 rings (SSSR count). The second kappa shape index (κ2) is 6.39. The maximum Gasteiger partial charge on any atom is 0.408 e. The average molecular weight is 330 g/mol. The largest absolute Gasteiger partial charge is 0.444 e. The number of ether oxygens (including phenoxy) is 1. The zero-order valence-corrected chi connectivity index (χ0v) is 13.2. The number of carbonyl (C=O) groups is 1. The first-order chi connectivity index (χ1) is 8.73. The minimum absolute atomic E-state index is 0.00719. The Labute approximate surface area is 122 Å². The number of nitrogens with one attached hydrogen (secondary N) is 1. The molecule has 0 aliphatic carbocycles. The van der Waals surface area contributed by atoms with Gasteiger partial charge in [0.2, 0.25) is 0 Å². The lowest BCUT2D eigenvalue weighted by Crippen LogP contribution is -2.34. The van der Waals surface area contributed by atoms with Gasteiger partial charge in [0.1, 0.15) is 5.60 Å². The SMILES string of the molecule is C[C@H](NC(=O)OC(C)(C)C)c1ccc(CO)cc1Br. The van der Waals surface area contributed by atoms with Crippen molar-refractivity contribution in [1.29, 1.82) is 0 Å². The number of aliphatic hydroxyl groups excluding tert-OH is 1. The van der Waals surface area contributed by atoms with Crippen LogP contribution in [0.3, 0.4) is 0 Å². The molecule has 1 aromatic rings. The van der Waals surface area contributed by atoms with Crippen LogP contribution in [-0.4, -0.2) is 16.8 Å². The summed E-state index contributed by atoms with van der Waals surface area (Å²) in [6.07, 6.45) is -0.446. The maximum atomic E-state index is 11.7. The highest BCUT2D eigenvalue weighted by atomic mass is 79.9. The predicted octanol–water partition coefficient (Wildman–Crippen LogP) is 3.53. The Balaban J connectivity index is 2.73. The van der Waals surface area contributed by atoms with Crippen LogP contribution in [0.15, 0.2) is 22.7 Å². The zero-order valence-electron chi connectivity index (χ0n) is 11.7. The Hall–Kier alpha value is -1.07. The van der Waals surface area contributed by atoms with Crippen LogP contribution in [0.4, 0.5) is 4.79 Å². The van der Waals surface area contributed by atoms with Crippen molar-refractivity contribution in [2.24, 2.45) is 0 Å². The van der Waals surface area contributed by atoms with E-state index in [1.54, 1.807) is 0 Å². The van der Waals surface area contributed by atoms with Gasteiger partial charge in [-0.1, -0.05) is 28.1 Å². The lowest BCUT2D eigenvalue weighted by Gasteiger charge is -2.22. The summed E-state index contributed by atoms with van der Waals surface area (Å²) in [7, 11) is 0. The van der Waals surface area contributed by atoms with Crippen molar-refractivity contribution < 1.29 is 14.6 Å². The summed E-state index contributed by atoms with van der Waals surface area (Å²) in [4.78, 5) is 11.7. The number of carbonyl (C=O) groups excluding carboxylic acids is 1. The Morgan fingerprint density at radius 1 is 1.47 bits per heavy atom. The summed E-state index contributed by atoms with van der Waals surface area (Å²) in [5, 5.41) is 11.8. The van der Waals surface area contributed by atoms with Gasteiger partial charge in [0, 0.05) is 4.47 Å². The Morgan fingerprint density at radius 3 is 2.58 bits per heavy atom. The molecule has 2 N–H and O–H groups in total. The highest BCUT2D eigenvalue weighted by Crippen LogP contribution is 2.25. The number of aliphatic hydroxyl groups is 1. The first kappa shape index (κ1) is 16.0. The smallest absolute Gasteiger partial charge is 0.408 e. The molecule has 0 fully saturated rings. The molecule has 0 spiro atoms. The molecule has 0 aromatic heterocycles. The highest BCUT2D eigenvalue weighted by Gasteiger charge is 2.19. The summed E-state index contributed by atoms with van der Waals surface area (Å²) in [6.45, 7) is 7.34. The van der Waals surface area contributed by atoms with E-state index >= 15 is 0 Å². The molecular formula is C14H20BrNO3. The van der Waals surface area contributed by atoms with Crippen molar-refractivity contribution in [3.8, 4) is 0 Å². The number of amides is 1. The van der Waals surface area contributed by atoms with Gasteiger partial charge in [0.05, 0.1) is 12.6 Å². The molecule has 5 heteroatoms. The van der Waals surface area contributed by atoms with E-state index in [2.05, 4.69) is 21.2 Å². The van der Waals surface area contributed by atoms with E-state index in [-0.39, 0.29) is 12.6 Å². The molecule has 0 saturated heterocycles. The third kappa shape index (κ3) is 5.20. The molecule has 106 valence electrons. The molecule has 0 unspecified atom stereocenters. The van der Waals surface area contributed by atoms with Gasteiger partial charge in [-0.25, -0.2) is 4.79 Å². The van der Waals surface area contributed by atoms with Gasteiger partial charge in [-0.3, -0.25) is 0 Å². The number of halogens is 1. The molecule has 19 heavy (non-hydrogen) atoms. The molecule has 0 aliphatic heterocycles. The van der Waals surface area contributed by atoms with Crippen LogP contribution in [0.2, 0.25) is 0 Å². The van der Waals surface area contributed by atoms with Crippen LogP contribution in [0.5, 0.6) is 0 Å². The van der Waals surface area contributed by atoms with E-state index in [1.165, 1.54) is 0 Å². The number of hydrogen-bond acceptors (Lipinski definition) is 3. The molecule has 0 heterocycles. The summed E-state index contributed by atoms with van der Waals surface area (Å²) in [5.74, 6) is 0. The lowest BCUT2D eigenvalue weighted by molar-refractivity contribution is 0.0508. The van der Waals surface area contributed by atoms with Crippen molar-refractivity contribution in [3.63, 3.8) is 0 Å². The lowest BCUT2D eigenvalue weighted by atomic mass is 10.1. The van der Waals surface area contributed by atoms with Crippen molar-refractivity contribution in [3.05, 3.63) is 33.8 Å². The quantitative estimate of drug-likeness (QED) is 0.891. The third-order valence-corrected chi connectivity index (χ3v) is 3.13. The average Bonchev–Trinajstić information content (AvgIpc) is 2.25. The molecule has 0 bridgehead atoms. The predicted molar refractivity (Wildman–Crippen MR) is 77.8 cm³/mol. The van der Waals surface area contributed by atoms with Crippen LogP contribution < -0.4 is 5.32 Å². The zero-order chi connectivity index (χ0) is 14.6. The van der Waals surface area contributed by atoms with Crippen LogP contribution in [0.1, 0.15) is 44.9 Å². The molecule has 1 aromatic carbocycles. The van der Waals surface area contributed by atoms with Gasteiger partial charge in [-0.05, 0) is 44.9 Å². The second-order valence-corrected chi connectivity index (χ2v) is 6.24. The van der Waals surface area contributed by atoms with E-state index in [0.29, 0.717) is 0 Å². The minimum Gasteiger partial charge on any atom is -0.444 e. The number of rotatable bonds is 3. The van der Waals surface area contributed by atoms with Crippen molar-refractivity contribution >= 4 is 22.0 Å². The maximum absolute atomic E-state index is 11.7. The normalized spacial score (nSPS) is 12.9. The molecular weight excluding hydrogens is 310 g/mol. The number of benzene rings is 1. The molecule has 1 atom stereocenters. The van der Waals surface area contributed by atoms with Crippen LogP contribution in [-0.2, 0) is 11.3 Å². The van der Waals surface area contributed by atoms with Gasteiger partial charge < -0.3 is 15.2 Å². The Kier molecular flexibility index (Phi) is 5.38. The van der Waals surface area contributed by atoms with Crippen LogP contribution in [0.25, 0.3) is 0 Å². The standard InChI is InChI=1S/C14H20BrNO3/c1-9(16-13(18)19-14(2,3)4)11-6-5-10(8-17)7-12(11)15/h5-7,9,17H,8H2,1-4H3,(H,16,18)/t9-/m0/s1. The fourth-order valence-corrected chi connectivity index (χ4v) is 2.35. The molecule has 0 radical (unpaired) electrons. The highest BCUT2D eigenvalue weighted by molar-refractivity contribution is 9.10. The van der Waals surface area contributed by atoms with E-state index in [9.17, 15) is 4.79 Å². The van der Waals surface area contributed by atoms with Gasteiger partial charge in [0.15, 0.2) is 0 Å². The fraction of sp³-hybridized carbons (Fsp3) is 0.500. The second-order valence-electron chi connectivity index (χ2n) is 5.38. The monoisotopic (exact) mass is 329 g/mol. The topological polar surface area (TPSA) is 58.6 Å². The van der Waals surface area contributed by atoms with Gasteiger partial charge in [-0.15, -0.1) is 0 Å². The summed E-state index contributed by atoms with van der Waals surface area (Å²) < 4.78 is 6.06. The van der Waals surface area contributed by atoms with E-state index in [4.69, 9.17) is 9.84 Å². The third-order valence-electron chi connectivity index (χ3n) is 2.45. The summed E-state index contributed by atoms with van der Waals surface area (Å²) in [6, 6.07) is 5.35. The number of hydrogen-bond donors (Lipinski definition) is 2.